The van der Waals surface area contributed by atoms with Crippen LogP contribution in [0.15, 0.2) is 35.3 Å². The monoisotopic (exact) mass is 300 g/mol. The second-order valence-corrected chi connectivity index (χ2v) is 5.58. The molecular formula is C18H24N2O2. The van der Waals surface area contributed by atoms with Crippen molar-refractivity contribution in [1.29, 1.82) is 0 Å². The third-order valence-electron chi connectivity index (χ3n) is 3.87. The van der Waals surface area contributed by atoms with E-state index in [0.29, 0.717) is 18.5 Å². The molecule has 2 aromatic rings. The van der Waals surface area contributed by atoms with E-state index in [0.717, 1.165) is 31.2 Å². The number of unbranched alkanes of at least 4 members (excludes halogenated alkanes) is 2. The van der Waals surface area contributed by atoms with Crippen molar-refractivity contribution in [3.05, 3.63) is 46.2 Å². The second-order valence-electron chi connectivity index (χ2n) is 5.58. The molecule has 0 unspecified atom stereocenters. The van der Waals surface area contributed by atoms with Crippen molar-refractivity contribution in [3.8, 4) is 0 Å². The number of hydrogen-bond donors (Lipinski definition) is 1. The molecule has 0 atom stereocenters. The van der Waals surface area contributed by atoms with E-state index in [1.165, 1.54) is 0 Å². The SMILES string of the molecule is CCCCN(CCCC)C(=O)c1c[nH]c2ccccc2c1=O. The number of nitrogens with zero attached hydrogens (tertiary/aromatic N) is 1. The fraction of sp³-hybridized carbons (Fsp3) is 0.444. The van der Waals surface area contributed by atoms with Gasteiger partial charge in [-0.25, -0.2) is 0 Å². The van der Waals surface area contributed by atoms with Crippen molar-refractivity contribution in [2.75, 3.05) is 13.1 Å². The van der Waals surface area contributed by atoms with Crippen LogP contribution in [0, 0.1) is 0 Å². The van der Waals surface area contributed by atoms with Gasteiger partial charge in [0.1, 0.15) is 5.56 Å². The van der Waals surface area contributed by atoms with Gasteiger partial charge in [-0.1, -0.05) is 38.8 Å². The Bertz CT molecular complexity index is 683. The summed E-state index contributed by atoms with van der Waals surface area (Å²) in [6, 6.07) is 7.29. The van der Waals surface area contributed by atoms with Gasteiger partial charge in [-0.15, -0.1) is 0 Å². The molecule has 1 amide bonds. The molecule has 4 nitrogen and oxygen atoms in total. The topological polar surface area (TPSA) is 53.2 Å². The average molecular weight is 300 g/mol. The van der Waals surface area contributed by atoms with Gasteiger partial charge in [0.05, 0.1) is 0 Å². The standard InChI is InChI=1S/C18H24N2O2/c1-3-5-11-20(12-6-4-2)18(22)15-13-19-16-10-8-7-9-14(16)17(15)21/h7-10,13H,3-6,11-12H2,1-2H3,(H,19,21). The van der Waals surface area contributed by atoms with E-state index in [9.17, 15) is 9.59 Å². The molecule has 0 aliphatic rings. The Balaban J connectivity index is 2.33. The molecule has 0 spiro atoms. The lowest BCUT2D eigenvalue weighted by atomic mass is 10.1. The number of benzene rings is 1. The fourth-order valence-corrected chi connectivity index (χ4v) is 2.51. The van der Waals surface area contributed by atoms with Gasteiger partial charge in [0.15, 0.2) is 0 Å². The van der Waals surface area contributed by atoms with Crippen molar-refractivity contribution in [2.45, 2.75) is 39.5 Å². The maximum Gasteiger partial charge on any atom is 0.259 e. The highest BCUT2D eigenvalue weighted by atomic mass is 16.2. The minimum atomic E-state index is -0.183. The average Bonchev–Trinajstić information content (AvgIpc) is 2.55. The van der Waals surface area contributed by atoms with Gasteiger partial charge in [0.2, 0.25) is 5.43 Å². The Hall–Kier alpha value is -2.10. The Morgan fingerprint density at radius 3 is 2.36 bits per heavy atom. The number of carbonyl (C=O) groups excluding carboxylic acids is 1. The largest absolute Gasteiger partial charge is 0.360 e. The number of rotatable bonds is 7. The van der Waals surface area contributed by atoms with Crippen molar-refractivity contribution in [1.82, 2.24) is 9.88 Å². The molecule has 1 N–H and O–H groups in total. The molecule has 0 radical (unpaired) electrons. The molecule has 1 aromatic heterocycles. The predicted octanol–water partition coefficient (Wildman–Crippen LogP) is 3.57. The zero-order valence-electron chi connectivity index (χ0n) is 13.4. The van der Waals surface area contributed by atoms with Gasteiger partial charge in [0.25, 0.3) is 5.91 Å². The molecular weight excluding hydrogens is 276 g/mol. The van der Waals surface area contributed by atoms with Gasteiger partial charge in [-0.2, -0.15) is 0 Å². The number of amides is 1. The van der Waals surface area contributed by atoms with Crippen molar-refractivity contribution >= 4 is 16.8 Å². The van der Waals surface area contributed by atoms with E-state index >= 15 is 0 Å². The second kappa shape index (κ2) is 7.78. The highest BCUT2D eigenvalue weighted by Gasteiger charge is 2.19. The molecule has 0 aliphatic carbocycles. The van der Waals surface area contributed by atoms with E-state index < -0.39 is 0 Å². The van der Waals surface area contributed by atoms with E-state index in [4.69, 9.17) is 0 Å². The quantitative estimate of drug-likeness (QED) is 0.850. The molecule has 2 rings (SSSR count). The lowest BCUT2D eigenvalue weighted by Gasteiger charge is -2.22. The third kappa shape index (κ3) is 3.56. The molecule has 1 aromatic carbocycles. The lowest BCUT2D eigenvalue weighted by molar-refractivity contribution is 0.0749. The normalized spacial score (nSPS) is 10.8. The molecule has 118 valence electrons. The van der Waals surface area contributed by atoms with E-state index in [-0.39, 0.29) is 16.9 Å². The van der Waals surface area contributed by atoms with Crippen LogP contribution in [0.3, 0.4) is 0 Å². The van der Waals surface area contributed by atoms with Crippen LogP contribution in [-0.4, -0.2) is 28.9 Å². The van der Waals surface area contributed by atoms with Crippen LogP contribution in [0.1, 0.15) is 49.9 Å². The van der Waals surface area contributed by atoms with Crippen LogP contribution in [0.5, 0.6) is 0 Å². The van der Waals surface area contributed by atoms with Crippen LogP contribution in [0.25, 0.3) is 10.9 Å². The number of para-hydroxylation sites is 1. The molecule has 22 heavy (non-hydrogen) atoms. The molecule has 0 saturated carbocycles. The van der Waals surface area contributed by atoms with Gasteiger partial charge in [-0.05, 0) is 25.0 Å². The maximum atomic E-state index is 12.7. The Morgan fingerprint density at radius 1 is 1.09 bits per heavy atom. The minimum absolute atomic E-state index is 0.158. The summed E-state index contributed by atoms with van der Waals surface area (Å²) >= 11 is 0. The molecule has 0 bridgehead atoms. The van der Waals surface area contributed by atoms with Gasteiger partial charge in [-0.3, -0.25) is 9.59 Å². The smallest absolute Gasteiger partial charge is 0.259 e. The fourth-order valence-electron chi connectivity index (χ4n) is 2.51. The Morgan fingerprint density at radius 2 is 1.73 bits per heavy atom. The van der Waals surface area contributed by atoms with Gasteiger partial charge >= 0.3 is 0 Å². The summed E-state index contributed by atoms with van der Waals surface area (Å²) in [5.41, 5.74) is 0.820. The molecule has 0 fully saturated rings. The zero-order chi connectivity index (χ0) is 15.9. The van der Waals surface area contributed by atoms with Gasteiger partial charge < -0.3 is 9.88 Å². The van der Waals surface area contributed by atoms with Crippen LogP contribution in [0.2, 0.25) is 0 Å². The molecule has 0 saturated heterocycles. The summed E-state index contributed by atoms with van der Waals surface area (Å²) in [7, 11) is 0. The maximum absolute atomic E-state index is 12.7. The highest BCUT2D eigenvalue weighted by molar-refractivity contribution is 5.97. The van der Waals surface area contributed by atoms with E-state index in [2.05, 4.69) is 18.8 Å². The van der Waals surface area contributed by atoms with Crippen LogP contribution >= 0.6 is 0 Å². The Kier molecular flexibility index (Phi) is 5.75. The zero-order valence-corrected chi connectivity index (χ0v) is 13.4. The first kappa shape index (κ1) is 16.3. The van der Waals surface area contributed by atoms with E-state index in [1.54, 1.807) is 12.3 Å². The van der Waals surface area contributed by atoms with Gasteiger partial charge in [0, 0.05) is 30.2 Å². The van der Waals surface area contributed by atoms with Crippen molar-refractivity contribution in [2.24, 2.45) is 0 Å². The highest BCUT2D eigenvalue weighted by Crippen LogP contribution is 2.10. The third-order valence-corrected chi connectivity index (χ3v) is 3.87. The summed E-state index contributed by atoms with van der Waals surface area (Å²) in [5, 5.41) is 0.569. The van der Waals surface area contributed by atoms with Crippen LogP contribution in [-0.2, 0) is 0 Å². The van der Waals surface area contributed by atoms with Crippen molar-refractivity contribution in [3.63, 3.8) is 0 Å². The summed E-state index contributed by atoms with van der Waals surface area (Å²) in [5.74, 6) is -0.158. The summed E-state index contributed by atoms with van der Waals surface area (Å²) in [6.45, 7) is 5.62. The number of hydrogen-bond acceptors (Lipinski definition) is 2. The van der Waals surface area contributed by atoms with E-state index in [1.807, 2.05) is 23.1 Å². The van der Waals surface area contributed by atoms with Crippen LogP contribution in [0.4, 0.5) is 0 Å². The number of nitrogens with one attached hydrogen (secondary N) is 1. The molecule has 1 heterocycles. The van der Waals surface area contributed by atoms with Crippen LogP contribution < -0.4 is 5.43 Å². The summed E-state index contributed by atoms with van der Waals surface area (Å²) in [4.78, 5) is 30.2. The summed E-state index contributed by atoms with van der Waals surface area (Å²) < 4.78 is 0. The molecule has 4 heteroatoms. The molecule has 0 aliphatic heterocycles. The Labute approximate surface area is 131 Å². The lowest BCUT2D eigenvalue weighted by Crippen LogP contribution is -2.36. The number of H-pyrrole nitrogens is 1. The van der Waals surface area contributed by atoms with Crippen molar-refractivity contribution < 1.29 is 4.79 Å². The first-order valence-electron chi connectivity index (χ1n) is 8.08. The minimum Gasteiger partial charge on any atom is -0.360 e. The summed E-state index contributed by atoms with van der Waals surface area (Å²) in [6.07, 6.45) is 5.54. The number of aromatic nitrogens is 1. The number of carbonyl (C=O) groups is 1. The first-order valence-corrected chi connectivity index (χ1v) is 8.08. The number of fused-ring (bicyclic) bond motifs is 1. The number of aromatic amines is 1. The first-order chi connectivity index (χ1) is 10.7. The predicted molar refractivity (Wildman–Crippen MR) is 90.3 cm³/mol. The number of pyridine rings is 1.